The molecule has 1 aromatic carbocycles. The van der Waals surface area contributed by atoms with E-state index in [1.807, 2.05) is 13.8 Å². The maximum atomic E-state index is 15.3. The Morgan fingerprint density at radius 1 is 0.397 bits per heavy atom. The Hall–Kier alpha value is -1.46. The summed E-state index contributed by atoms with van der Waals surface area (Å²) in [6.07, 6.45) is 41.2. The molecule has 1 rings (SSSR count). The van der Waals surface area contributed by atoms with Gasteiger partial charge in [-0.2, -0.15) is 47.2 Å². The third-order valence-electron chi connectivity index (χ3n) is 16.3. The molecule has 0 amide bonds. The number of halogens is 10. The lowest BCUT2D eigenvalue weighted by Crippen LogP contribution is -3.16. The molecular weight excluding hydrogens is 947 g/mol. The van der Waals surface area contributed by atoms with Gasteiger partial charge in [0.05, 0.1) is 6.54 Å². The van der Waals surface area contributed by atoms with Gasteiger partial charge in [0.2, 0.25) is 23.5 Å². The molecule has 73 heavy (non-hydrogen) atoms. The van der Waals surface area contributed by atoms with Crippen LogP contribution in [0.25, 0.3) is 0 Å². The maximum Gasteiger partial charge on any atom is 0.425 e. The van der Waals surface area contributed by atoms with Crippen molar-refractivity contribution in [2.24, 2.45) is 5.92 Å². The smallest absolute Gasteiger partial charge is 0.234 e. The summed E-state index contributed by atoms with van der Waals surface area (Å²) in [5.41, 5.74) is -2.44. The molecule has 3 atom stereocenters. The highest BCUT2D eigenvalue weighted by molar-refractivity contribution is 6.79. The molecule has 0 spiro atoms. The number of rotatable bonds is 48. The monoisotopic (exact) mass is 1060 g/mol. The molecule has 1 aromatic rings. The summed E-state index contributed by atoms with van der Waals surface area (Å²) >= 11 is 0. The molecule has 0 aliphatic heterocycles. The highest BCUT2D eigenvalue weighted by Crippen LogP contribution is 2.36. The van der Waals surface area contributed by atoms with Gasteiger partial charge >= 0.3 is 12.2 Å². The van der Waals surface area contributed by atoms with Gasteiger partial charge in [0.1, 0.15) is 0 Å². The normalized spacial score (nSPS) is 13.6. The van der Waals surface area contributed by atoms with Crippen LogP contribution < -0.4 is 4.90 Å². The number of benzene rings is 1. The summed E-state index contributed by atoms with van der Waals surface area (Å²) in [4.78, 5) is -1.26. The van der Waals surface area contributed by atoms with Crippen LogP contribution in [0.4, 0.5) is 49.6 Å². The topological polar surface area (TPSA) is 4.44 Å². The molecule has 0 aromatic heterocycles. The van der Waals surface area contributed by atoms with E-state index in [-0.39, 0.29) is 44.2 Å². The van der Waals surface area contributed by atoms with Gasteiger partial charge in [-0.05, 0) is 32.1 Å². The zero-order chi connectivity index (χ0) is 54.8. The molecular formula is C61H112BF10N. The molecule has 0 saturated carbocycles. The fourth-order valence-electron chi connectivity index (χ4n) is 11.2. The van der Waals surface area contributed by atoms with Crippen LogP contribution in [0.15, 0.2) is 0 Å². The zero-order valence-corrected chi connectivity index (χ0v) is 48.1. The van der Waals surface area contributed by atoms with Crippen molar-refractivity contribution >= 4 is 11.8 Å². The quantitative estimate of drug-likeness (QED) is 0.0166. The summed E-state index contributed by atoms with van der Waals surface area (Å²) < 4.78 is 139. The van der Waals surface area contributed by atoms with Crippen molar-refractivity contribution in [1.82, 2.24) is 0 Å². The Labute approximate surface area is 443 Å². The van der Waals surface area contributed by atoms with Crippen molar-refractivity contribution in [3.63, 3.8) is 0 Å². The van der Waals surface area contributed by atoms with Crippen molar-refractivity contribution in [3.05, 3.63) is 28.8 Å². The third kappa shape index (κ3) is 33.4. The fourth-order valence-corrected chi connectivity index (χ4v) is 11.2. The minimum absolute atomic E-state index is 0.0442. The molecule has 0 radical (unpaired) electrons. The number of quaternary nitrogens is 1. The second kappa shape index (κ2) is 44.5. The van der Waals surface area contributed by atoms with Gasteiger partial charge < -0.3 is 0 Å². The first-order chi connectivity index (χ1) is 34.9. The van der Waals surface area contributed by atoms with Crippen LogP contribution in [0.2, 0.25) is 25.3 Å². The minimum atomic E-state index is -4.40. The number of hydrogen-bond donors (Lipinski definition) is 1. The molecule has 1 nitrogen and oxygen atoms in total. The Kier molecular flexibility index (Phi) is 43.6. The Balaban J connectivity index is 0.00000142. The van der Waals surface area contributed by atoms with Crippen LogP contribution in [0.5, 0.6) is 0 Å². The van der Waals surface area contributed by atoms with Crippen LogP contribution in [0.1, 0.15) is 298 Å². The van der Waals surface area contributed by atoms with Crippen LogP contribution in [0, 0.1) is 36.1 Å². The van der Waals surface area contributed by atoms with Gasteiger partial charge in [-0.1, -0.05) is 266 Å². The molecule has 434 valence electrons. The molecule has 0 aliphatic rings. The first-order valence-corrected chi connectivity index (χ1v) is 30.9. The molecule has 0 aliphatic carbocycles. The van der Waals surface area contributed by atoms with E-state index in [9.17, 15) is 35.1 Å². The van der Waals surface area contributed by atoms with Gasteiger partial charge in [-0.3, -0.25) is 0 Å². The molecule has 3 unspecified atom stereocenters. The molecule has 0 saturated heterocycles. The van der Waals surface area contributed by atoms with Crippen LogP contribution >= 0.6 is 0 Å². The fraction of sp³-hybridized carbons (Fsp3) is 0.902. The molecule has 0 bridgehead atoms. The van der Waals surface area contributed by atoms with Gasteiger partial charge in [0.25, 0.3) is 0 Å². The number of unbranched alkanes of at least 4 members (excludes halogenated alkanes) is 28. The first kappa shape index (κ1) is 71.5. The van der Waals surface area contributed by atoms with Crippen molar-refractivity contribution in [2.75, 3.05) is 6.54 Å². The van der Waals surface area contributed by atoms with E-state index in [1.165, 1.54) is 180 Å². The van der Waals surface area contributed by atoms with E-state index in [4.69, 9.17) is 0 Å². The predicted octanol–water partition coefficient (Wildman–Crippen LogP) is 22.9. The van der Waals surface area contributed by atoms with Crippen molar-refractivity contribution in [2.45, 2.75) is 343 Å². The van der Waals surface area contributed by atoms with Gasteiger partial charge in [0, 0.05) is 18.1 Å². The Morgan fingerprint density at radius 2 is 0.753 bits per heavy atom. The second-order valence-electron chi connectivity index (χ2n) is 22.7. The average molecular weight is 1060 g/mol. The van der Waals surface area contributed by atoms with Crippen molar-refractivity contribution < 1.29 is 48.8 Å². The lowest BCUT2D eigenvalue weighted by atomic mass is 9.17. The molecule has 12 heteroatoms. The van der Waals surface area contributed by atoms with E-state index in [2.05, 4.69) is 27.7 Å². The summed E-state index contributed by atoms with van der Waals surface area (Å²) in [7, 11) is 0. The largest absolute Gasteiger partial charge is 0.425 e. The lowest BCUT2D eigenvalue weighted by Gasteiger charge is -2.41. The number of nitrogens with one attached hydrogen (secondary N) is 1. The lowest BCUT2D eigenvalue weighted by molar-refractivity contribution is -0.939. The SMILES string of the molecule is CCCCC(CC)CC[NH+](c1c(F)c(C)c(F)c(F)c1F)C(F)(F)C(F)CCCCCCC(F)(F)F.CCCCCCCCC[B-](CCCCCCCCC)(CCCCCCCCC)CCCCCCCCC. The second-order valence-corrected chi connectivity index (χ2v) is 22.7. The van der Waals surface area contributed by atoms with Crippen molar-refractivity contribution in [3.8, 4) is 0 Å². The minimum Gasteiger partial charge on any atom is -0.234 e. The van der Waals surface area contributed by atoms with Gasteiger partial charge in [-0.25, -0.2) is 18.1 Å². The van der Waals surface area contributed by atoms with Crippen LogP contribution in [-0.2, 0) is 0 Å². The summed E-state index contributed by atoms with van der Waals surface area (Å²) in [5.74, 6) is -7.90. The van der Waals surface area contributed by atoms with Crippen molar-refractivity contribution in [1.29, 1.82) is 0 Å². The molecule has 0 fully saturated rings. The van der Waals surface area contributed by atoms with E-state index in [1.54, 1.807) is 25.3 Å². The first-order valence-electron chi connectivity index (χ1n) is 30.9. The van der Waals surface area contributed by atoms with E-state index < -0.39 is 77.2 Å². The van der Waals surface area contributed by atoms with E-state index in [0.29, 0.717) is 12.8 Å². The van der Waals surface area contributed by atoms with Gasteiger partial charge in [0.15, 0.2) is 11.6 Å². The van der Waals surface area contributed by atoms with Crippen LogP contribution in [0.3, 0.4) is 0 Å². The summed E-state index contributed by atoms with van der Waals surface area (Å²) in [5, 5.41) is 0. The number of hydrogen-bond acceptors (Lipinski definition) is 0. The predicted molar refractivity (Wildman–Crippen MR) is 295 cm³/mol. The molecule has 1 N–H and O–H groups in total. The van der Waals surface area contributed by atoms with E-state index in [0.717, 1.165) is 19.8 Å². The third-order valence-corrected chi connectivity index (χ3v) is 16.3. The summed E-state index contributed by atoms with van der Waals surface area (Å²) in [6.45, 7) is 13.3. The Bertz CT molecular complexity index is 1320. The van der Waals surface area contributed by atoms with Crippen LogP contribution in [-0.4, -0.2) is 31.1 Å². The standard InChI is InChI=1S/C36H76B.C25H35F10N/c1-5-9-13-17-21-25-29-33-37(34-30-26-22-18-14-10-6-2,35-31-27-23-19-15-11-7-3)36-32-28-24-20-16-12-8-4;1-4-6-11-17(5-2)13-15-36(23-20(28)16(3)19(27)21(29)22(23)30)25(34,35)18(26)12-9-7-8-10-14-24(31,32)33/h5-36H2,1-4H3;17-18H,4-15H2,1-3H3/q-1;/p+1. The van der Waals surface area contributed by atoms with E-state index >= 15 is 8.78 Å². The Morgan fingerprint density at radius 3 is 1.12 bits per heavy atom. The highest BCUT2D eigenvalue weighted by Gasteiger charge is 2.54. The summed E-state index contributed by atoms with van der Waals surface area (Å²) in [6, 6.07) is -4.40. The number of alkyl halides is 6. The highest BCUT2D eigenvalue weighted by atomic mass is 19.4. The zero-order valence-electron chi connectivity index (χ0n) is 48.1. The van der Waals surface area contributed by atoms with Gasteiger partial charge in [-0.15, -0.1) is 8.78 Å². The maximum absolute atomic E-state index is 15.3. The molecule has 0 heterocycles. The average Bonchev–Trinajstić information content (AvgIpc) is 3.36.